The maximum atomic E-state index is 6.96. The first kappa shape index (κ1) is 32.8. The Morgan fingerprint density at radius 2 is 0.893 bits per heavy atom. The van der Waals surface area contributed by atoms with Crippen LogP contribution in [-0.4, -0.2) is 0 Å². The molecule has 0 bridgehead atoms. The highest BCUT2D eigenvalue weighted by atomic mass is 16.3. The molecule has 2 aliphatic carbocycles. The quantitative estimate of drug-likeness (QED) is 0.176. The second-order valence-corrected chi connectivity index (χ2v) is 16.5. The van der Waals surface area contributed by atoms with Gasteiger partial charge in [0.2, 0.25) is 0 Å². The van der Waals surface area contributed by atoms with E-state index in [4.69, 9.17) is 4.42 Å². The molecule has 1 aromatic heterocycles. The normalized spacial score (nSPS) is 14.4. The number of rotatable bonds is 5. The second kappa shape index (κ2) is 11.9. The summed E-state index contributed by atoms with van der Waals surface area (Å²) in [6.07, 6.45) is 0. The standard InChI is InChI=1S/C54H41NO/c1-53(2)46-18-10-8-15-40(46)42-30-25-37(31-48(42)53)36-23-28-39(29-24-36)55(38-26-21-35(22-27-38)34-13-6-5-7-14-34)50-20-12-17-43-45-32-44-41-16-9-11-19-47(41)54(3,4)49(44)33-51(45)56-52(43)50/h5-33H,1-4H3. The molecule has 0 unspecified atom stereocenters. The molecule has 0 atom stereocenters. The fourth-order valence-corrected chi connectivity index (χ4v) is 9.70. The van der Waals surface area contributed by atoms with Crippen molar-refractivity contribution in [1.82, 2.24) is 0 Å². The SMILES string of the molecule is CC1(C)c2ccccc2-c2ccc(-c3ccc(N(c4ccc(-c5ccccc5)cc4)c4cccc5c4oc4cc6c(cc45)-c4ccccc4C6(C)C)cc3)cc21. The van der Waals surface area contributed by atoms with E-state index in [0.717, 1.165) is 39.0 Å². The van der Waals surface area contributed by atoms with Gasteiger partial charge in [0, 0.05) is 33.0 Å². The minimum atomic E-state index is -0.102. The van der Waals surface area contributed by atoms with Crippen LogP contribution in [0.2, 0.25) is 0 Å². The van der Waals surface area contributed by atoms with Crippen molar-refractivity contribution < 1.29 is 4.42 Å². The van der Waals surface area contributed by atoms with Crippen molar-refractivity contribution in [3.63, 3.8) is 0 Å². The number of fused-ring (bicyclic) bond motifs is 9. The van der Waals surface area contributed by atoms with Crippen LogP contribution in [0.3, 0.4) is 0 Å². The molecular weight excluding hydrogens is 679 g/mol. The smallest absolute Gasteiger partial charge is 0.159 e. The molecule has 8 aromatic carbocycles. The Bertz CT molecular complexity index is 3000. The molecule has 2 aliphatic rings. The Labute approximate surface area is 328 Å². The van der Waals surface area contributed by atoms with E-state index in [1.165, 1.54) is 66.8 Å². The lowest BCUT2D eigenvalue weighted by molar-refractivity contribution is 0.647. The predicted molar refractivity (Wildman–Crippen MR) is 234 cm³/mol. The number of hydrogen-bond acceptors (Lipinski definition) is 2. The van der Waals surface area contributed by atoms with Crippen LogP contribution in [0.25, 0.3) is 66.4 Å². The van der Waals surface area contributed by atoms with Crippen molar-refractivity contribution in [3.8, 4) is 44.5 Å². The Kier molecular flexibility index (Phi) is 6.98. The third-order valence-corrected chi connectivity index (χ3v) is 12.7. The summed E-state index contributed by atoms with van der Waals surface area (Å²) in [7, 11) is 0. The fraction of sp³-hybridized carbons (Fsp3) is 0.111. The molecule has 56 heavy (non-hydrogen) atoms. The predicted octanol–water partition coefficient (Wildman–Crippen LogP) is 15.0. The van der Waals surface area contributed by atoms with Crippen molar-refractivity contribution in [2.45, 2.75) is 38.5 Å². The summed E-state index contributed by atoms with van der Waals surface area (Å²) < 4.78 is 6.96. The number of anilines is 3. The van der Waals surface area contributed by atoms with Crippen LogP contribution in [0, 0.1) is 0 Å². The number of nitrogens with zero attached hydrogens (tertiary/aromatic N) is 1. The summed E-state index contributed by atoms with van der Waals surface area (Å²) in [6, 6.07) is 64.4. The van der Waals surface area contributed by atoms with Gasteiger partial charge in [-0.25, -0.2) is 0 Å². The van der Waals surface area contributed by atoms with Crippen molar-refractivity contribution in [2.24, 2.45) is 0 Å². The van der Waals surface area contributed by atoms with Gasteiger partial charge in [-0.3, -0.25) is 0 Å². The summed E-state index contributed by atoms with van der Waals surface area (Å²) in [4.78, 5) is 2.35. The van der Waals surface area contributed by atoms with Crippen LogP contribution < -0.4 is 4.90 Å². The van der Waals surface area contributed by atoms with Crippen molar-refractivity contribution in [2.75, 3.05) is 4.90 Å². The van der Waals surface area contributed by atoms with Crippen LogP contribution in [-0.2, 0) is 10.8 Å². The van der Waals surface area contributed by atoms with Crippen molar-refractivity contribution in [3.05, 3.63) is 198 Å². The van der Waals surface area contributed by atoms with Gasteiger partial charge >= 0.3 is 0 Å². The van der Waals surface area contributed by atoms with Crippen LogP contribution in [0.4, 0.5) is 17.1 Å². The van der Waals surface area contributed by atoms with Gasteiger partial charge in [-0.05, 0) is 115 Å². The monoisotopic (exact) mass is 719 g/mol. The maximum absolute atomic E-state index is 6.96. The van der Waals surface area contributed by atoms with Crippen molar-refractivity contribution >= 4 is 39.0 Å². The molecule has 9 aromatic rings. The van der Waals surface area contributed by atoms with Gasteiger partial charge in [0.05, 0.1) is 5.69 Å². The molecule has 2 heteroatoms. The van der Waals surface area contributed by atoms with E-state index in [0.29, 0.717) is 0 Å². The molecule has 0 spiro atoms. The molecular formula is C54H41NO. The zero-order valence-electron chi connectivity index (χ0n) is 32.1. The number of hydrogen-bond donors (Lipinski definition) is 0. The van der Waals surface area contributed by atoms with Crippen LogP contribution in [0.5, 0.6) is 0 Å². The lowest BCUT2D eigenvalue weighted by Crippen LogP contribution is -2.14. The highest BCUT2D eigenvalue weighted by molar-refractivity contribution is 6.12. The van der Waals surface area contributed by atoms with E-state index in [2.05, 4.69) is 209 Å². The van der Waals surface area contributed by atoms with Gasteiger partial charge in [-0.1, -0.05) is 155 Å². The van der Waals surface area contributed by atoms with E-state index in [9.17, 15) is 0 Å². The summed E-state index contributed by atoms with van der Waals surface area (Å²) in [5, 5.41) is 2.26. The summed E-state index contributed by atoms with van der Waals surface area (Å²) in [6.45, 7) is 9.34. The van der Waals surface area contributed by atoms with E-state index in [-0.39, 0.29) is 10.8 Å². The molecule has 0 saturated carbocycles. The van der Waals surface area contributed by atoms with Gasteiger partial charge in [0.25, 0.3) is 0 Å². The molecule has 0 N–H and O–H groups in total. The Hall–Kier alpha value is -6.64. The minimum absolute atomic E-state index is 0.0465. The fourth-order valence-electron chi connectivity index (χ4n) is 9.70. The largest absolute Gasteiger partial charge is 0.454 e. The van der Waals surface area contributed by atoms with Gasteiger partial charge in [-0.15, -0.1) is 0 Å². The van der Waals surface area contributed by atoms with E-state index >= 15 is 0 Å². The second-order valence-electron chi connectivity index (χ2n) is 16.5. The molecule has 2 nitrogen and oxygen atoms in total. The molecule has 11 rings (SSSR count). The van der Waals surface area contributed by atoms with Crippen molar-refractivity contribution in [1.29, 1.82) is 0 Å². The van der Waals surface area contributed by atoms with E-state index in [1.54, 1.807) is 0 Å². The molecule has 1 heterocycles. The zero-order chi connectivity index (χ0) is 37.8. The van der Waals surface area contributed by atoms with Gasteiger partial charge < -0.3 is 9.32 Å². The zero-order valence-corrected chi connectivity index (χ0v) is 32.1. The number of para-hydroxylation sites is 1. The van der Waals surface area contributed by atoms with Gasteiger partial charge in [0.1, 0.15) is 5.58 Å². The first-order valence-corrected chi connectivity index (χ1v) is 19.7. The van der Waals surface area contributed by atoms with Crippen LogP contribution >= 0.6 is 0 Å². The number of furan rings is 1. The Morgan fingerprint density at radius 3 is 1.55 bits per heavy atom. The highest BCUT2D eigenvalue weighted by Gasteiger charge is 2.37. The minimum Gasteiger partial charge on any atom is -0.454 e. The molecule has 0 amide bonds. The Balaban J connectivity index is 1.04. The van der Waals surface area contributed by atoms with Gasteiger partial charge in [-0.2, -0.15) is 0 Å². The molecule has 268 valence electrons. The number of benzene rings is 8. The molecule has 0 aliphatic heterocycles. The topological polar surface area (TPSA) is 16.4 Å². The first-order valence-electron chi connectivity index (χ1n) is 19.7. The van der Waals surface area contributed by atoms with Gasteiger partial charge in [0.15, 0.2) is 5.58 Å². The average molecular weight is 720 g/mol. The van der Waals surface area contributed by atoms with Crippen LogP contribution in [0.1, 0.15) is 49.9 Å². The maximum Gasteiger partial charge on any atom is 0.159 e. The molecule has 0 radical (unpaired) electrons. The molecule has 0 saturated heterocycles. The summed E-state index contributed by atoms with van der Waals surface area (Å²) >= 11 is 0. The van der Waals surface area contributed by atoms with E-state index < -0.39 is 0 Å². The lowest BCUT2D eigenvalue weighted by atomic mass is 9.81. The highest BCUT2D eigenvalue weighted by Crippen LogP contribution is 2.52. The molecule has 0 fully saturated rings. The first-order chi connectivity index (χ1) is 27.3. The lowest BCUT2D eigenvalue weighted by Gasteiger charge is -2.26. The third-order valence-electron chi connectivity index (χ3n) is 12.7. The average Bonchev–Trinajstić information content (AvgIpc) is 3.80. The van der Waals surface area contributed by atoms with Crippen LogP contribution in [0.15, 0.2) is 180 Å². The summed E-state index contributed by atoms with van der Waals surface area (Å²) in [5.41, 5.74) is 20.4. The van der Waals surface area contributed by atoms with E-state index in [1.807, 2.05) is 0 Å². The Morgan fingerprint density at radius 1 is 0.375 bits per heavy atom. The summed E-state index contributed by atoms with van der Waals surface area (Å²) in [5.74, 6) is 0. The third kappa shape index (κ3) is 4.75.